The molecule has 1 fully saturated rings. The molecule has 1 rings (SSSR count). The van der Waals surface area contributed by atoms with Crippen molar-refractivity contribution in [1.29, 1.82) is 0 Å². The fraction of sp³-hybridized carbons (Fsp3) is 1.00. The normalized spacial score (nSPS) is 16.8. The molecule has 0 aromatic carbocycles. The van der Waals surface area contributed by atoms with Crippen molar-refractivity contribution in [3.63, 3.8) is 0 Å². The van der Waals surface area contributed by atoms with E-state index in [1.807, 2.05) is 0 Å². The third-order valence-corrected chi connectivity index (χ3v) is 6.90. The Hall–Kier alpha value is 0. The first-order chi connectivity index (χ1) is 12.9. The van der Waals surface area contributed by atoms with Gasteiger partial charge in [-0.3, -0.25) is 0 Å². The van der Waals surface area contributed by atoms with Crippen molar-refractivity contribution >= 4 is 0 Å². The average Bonchev–Trinajstić information content (AvgIpc) is 2.68. The van der Waals surface area contributed by atoms with Crippen LogP contribution >= 0.6 is 0 Å². The van der Waals surface area contributed by atoms with E-state index in [-0.39, 0.29) is 0 Å². The fourth-order valence-corrected chi connectivity index (χ4v) is 5.19. The van der Waals surface area contributed by atoms with E-state index in [9.17, 15) is 0 Å². The van der Waals surface area contributed by atoms with Gasteiger partial charge in [-0.25, -0.2) is 0 Å². The highest BCUT2D eigenvalue weighted by Crippen LogP contribution is 2.35. The van der Waals surface area contributed by atoms with E-state index < -0.39 is 0 Å². The maximum Gasteiger partial charge on any atom is -0.0386 e. The van der Waals surface area contributed by atoms with Crippen molar-refractivity contribution < 1.29 is 0 Å². The molecule has 1 aliphatic rings. The van der Waals surface area contributed by atoms with Crippen LogP contribution in [0, 0.1) is 11.8 Å². The lowest BCUT2D eigenvalue weighted by Gasteiger charge is -2.30. The molecule has 0 spiro atoms. The molecule has 156 valence electrons. The lowest BCUT2D eigenvalue weighted by molar-refractivity contribution is 0.218. The van der Waals surface area contributed by atoms with Gasteiger partial charge in [0.2, 0.25) is 0 Å². The molecule has 0 amide bonds. The molecule has 0 bridgehead atoms. The quantitative estimate of drug-likeness (QED) is 0.212. The first kappa shape index (κ1) is 24.0. The maximum absolute atomic E-state index is 2.39. The predicted molar refractivity (Wildman–Crippen MR) is 120 cm³/mol. The van der Waals surface area contributed by atoms with Gasteiger partial charge >= 0.3 is 0 Å². The topological polar surface area (TPSA) is 0 Å². The molecule has 1 unspecified atom stereocenters. The summed E-state index contributed by atoms with van der Waals surface area (Å²) in [5.74, 6) is 2.16. The van der Waals surface area contributed by atoms with Gasteiger partial charge in [-0.15, -0.1) is 0 Å². The van der Waals surface area contributed by atoms with E-state index in [1.165, 1.54) is 128 Å². The van der Waals surface area contributed by atoms with Crippen LogP contribution in [-0.4, -0.2) is 0 Å². The Morgan fingerprint density at radius 1 is 0.500 bits per heavy atom. The van der Waals surface area contributed by atoms with Crippen molar-refractivity contribution in [1.82, 2.24) is 0 Å². The number of hydrogen-bond acceptors (Lipinski definition) is 0. The largest absolute Gasteiger partial charge is 0.0654 e. The van der Waals surface area contributed by atoms with Crippen LogP contribution in [0.1, 0.15) is 155 Å². The molecule has 1 aliphatic carbocycles. The first-order valence-electron chi connectivity index (χ1n) is 12.9. The van der Waals surface area contributed by atoms with Gasteiger partial charge in [0, 0.05) is 0 Å². The maximum atomic E-state index is 2.39. The third-order valence-electron chi connectivity index (χ3n) is 6.90. The van der Waals surface area contributed by atoms with Crippen LogP contribution in [-0.2, 0) is 0 Å². The van der Waals surface area contributed by atoms with E-state index in [2.05, 4.69) is 13.8 Å². The Bertz CT molecular complexity index is 263. The monoisotopic (exact) mass is 364 g/mol. The molecule has 0 heterocycles. The third kappa shape index (κ3) is 13.2. The fourth-order valence-electron chi connectivity index (χ4n) is 5.19. The van der Waals surface area contributed by atoms with Crippen molar-refractivity contribution in [2.75, 3.05) is 0 Å². The van der Waals surface area contributed by atoms with Crippen LogP contribution in [0.15, 0.2) is 0 Å². The van der Waals surface area contributed by atoms with E-state index in [0.717, 1.165) is 11.8 Å². The van der Waals surface area contributed by atoms with Crippen molar-refractivity contribution in [2.24, 2.45) is 11.8 Å². The van der Waals surface area contributed by atoms with Crippen molar-refractivity contribution in [3.8, 4) is 0 Å². The Morgan fingerprint density at radius 3 is 1.42 bits per heavy atom. The highest BCUT2D eigenvalue weighted by Gasteiger charge is 2.22. The second-order valence-corrected chi connectivity index (χ2v) is 9.33. The van der Waals surface area contributed by atoms with Crippen LogP contribution in [0.3, 0.4) is 0 Å². The van der Waals surface area contributed by atoms with Crippen LogP contribution in [0.25, 0.3) is 0 Å². The molecule has 0 saturated heterocycles. The smallest absolute Gasteiger partial charge is 0.0386 e. The molecule has 0 radical (unpaired) electrons. The van der Waals surface area contributed by atoms with Crippen LogP contribution in [0.4, 0.5) is 0 Å². The van der Waals surface area contributed by atoms with E-state index >= 15 is 0 Å². The summed E-state index contributed by atoms with van der Waals surface area (Å²) in [7, 11) is 0. The minimum atomic E-state index is 1.07. The summed E-state index contributed by atoms with van der Waals surface area (Å²) >= 11 is 0. The Labute approximate surface area is 167 Å². The predicted octanol–water partition coefficient (Wildman–Crippen LogP) is 9.85. The van der Waals surface area contributed by atoms with Gasteiger partial charge < -0.3 is 0 Å². The molecule has 0 N–H and O–H groups in total. The molecule has 0 aromatic rings. The minimum Gasteiger partial charge on any atom is -0.0654 e. The Morgan fingerprint density at radius 2 is 0.962 bits per heavy atom. The van der Waals surface area contributed by atoms with Crippen molar-refractivity contribution in [3.05, 3.63) is 0 Å². The van der Waals surface area contributed by atoms with Gasteiger partial charge in [-0.1, -0.05) is 155 Å². The highest BCUT2D eigenvalue weighted by molar-refractivity contribution is 4.74. The summed E-state index contributed by atoms with van der Waals surface area (Å²) in [6, 6.07) is 0. The number of unbranched alkanes of at least 4 members (excludes halogenated alkanes) is 13. The second kappa shape index (κ2) is 18.4. The lowest BCUT2D eigenvalue weighted by atomic mass is 9.76. The Kier molecular flexibility index (Phi) is 17.0. The van der Waals surface area contributed by atoms with Crippen molar-refractivity contribution in [2.45, 2.75) is 155 Å². The summed E-state index contributed by atoms with van der Waals surface area (Å²) in [4.78, 5) is 0. The summed E-state index contributed by atoms with van der Waals surface area (Å²) in [6.45, 7) is 4.70. The zero-order valence-electron chi connectivity index (χ0n) is 18.7. The molecule has 0 aliphatic heterocycles. The standard InChI is InChI=1S/C26H52/c1-3-5-6-7-8-9-10-11-12-13-14-15-16-18-22-25(21-4-2)26-23-19-17-20-24-26/h25-26H,3-24H2,1-2H3. The lowest BCUT2D eigenvalue weighted by Crippen LogP contribution is -2.18. The number of rotatable bonds is 18. The van der Waals surface area contributed by atoms with Crippen LogP contribution in [0.5, 0.6) is 0 Å². The average molecular weight is 365 g/mol. The Balaban J connectivity index is 1.85. The van der Waals surface area contributed by atoms with Crippen LogP contribution < -0.4 is 0 Å². The molecule has 26 heavy (non-hydrogen) atoms. The van der Waals surface area contributed by atoms with E-state index in [1.54, 1.807) is 12.8 Å². The zero-order valence-corrected chi connectivity index (χ0v) is 18.7. The van der Waals surface area contributed by atoms with Gasteiger partial charge in [0.15, 0.2) is 0 Å². The number of hydrogen-bond donors (Lipinski definition) is 0. The summed E-state index contributed by atoms with van der Waals surface area (Å²) in [6.07, 6.45) is 32.8. The second-order valence-electron chi connectivity index (χ2n) is 9.33. The molecular formula is C26H52. The first-order valence-corrected chi connectivity index (χ1v) is 12.9. The van der Waals surface area contributed by atoms with Gasteiger partial charge in [-0.05, 0) is 11.8 Å². The van der Waals surface area contributed by atoms with E-state index in [0.29, 0.717) is 0 Å². The summed E-state index contributed by atoms with van der Waals surface area (Å²) in [5.41, 5.74) is 0. The summed E-state index contributed by atoms with van der Waals surface area (Å²) < 4.78 is 0. The van der Waals surface area contributed by atoms with E-state index in [4.69, 9.17) is 0 Å². The molecule has 0 heteroatoms. The van der Waals surface area contributed by atoms with Crippen LogP contribution in [0.2, 0.25) is 0 Å². The molecule has 0 aromatic heterocycles. The zero-order chi connectivity index (χ0) is 18.7. The molecule has 1 atom stereocenters. The highest BCUT2D eigenvalue weighted by atomic mass is 14.3. The molecular weight excluding hydrogens is 312 g/mol. The van der Waals surface area contributed by atoms with Gasteiger partial charge in [0.1, 0.15) is 0 Å². The SMILES string of the molecule is CCCCCCCCCCCCCCCCC(CCC)C1CCCCC1. The van der Waals surface area contributed by atoms with Gasteiger partial charge in [-0.2, -0.15) is 0 Å². The van der Waals surface area contributed by atoms with Gasteiger partial charge in [0.25, 0.3) is 0 Å². The summed E-state index contributed by atoms with van der Waals surface area (Å²) in [5, 5.41) is 0. The molecule has 1 saturated carbocycles. The molecule has 0 nitrogen and oxygen atoms in total. The minimum absolute atomic E-state index is 1.07. The van der Waals surface area contributed by atoms with Gasteiger partial charge in [0.05, 0.1) is 0 Å².